The molecule has 2 aromatic carbocycles. The van der Waals surface area contributed by atoms with Gasteiger partial charge in [-0.05, 0) is 42.0 Å². The van der Waals surface area contributed by atoms with Crippen molar-refractivity contribution < 1.29 is 19.1 Å². The molecule has 180 valence electrons. The van der Waals surface area contributed by atoms with Crippen molar-refractivity contribution in [3.8, 4) is 5.75 Å². The number of Topliss-reactive ketones (excluding diaryl/α,β-unsaturated/α-hetero) is 2. The van der Waals surface area contributed by atoms with Gasteiger partial charge >= 0.3 is 0 Å². The van der Waals surface area contributed by atoms with Gasteiger partial charge in [-0.15, -0.1) is 12.4 Å². The summed E-state index contributed by atoms with van der Waals surface area (Å²) in [7, 11) is 0. The van der Waals surface area contributed by atoms with E-state index in [4.69, 9.17) is 4.74 Å². The topological polar surface area (TPSA) is 63.7 Å². The molecule has 0 saturated heterocycles. The van der Waals surface area contributed by atoms with Gasteiger partial charge in [-0.3, -0.25) is 14.4 Å². The van der Waals surface area contributed by atoms with Crippen LogP contribution in [0.5, 0.6) is 5.75 Å². The molecule has 3 aliphatic rings. The third-order valence-electron chi connectivity index (χ3n) is 7.44. The van der Waals surface area contributed by atoms with Crippen LogP contribution in [-0.2, 0) is 29.2 Å². The quantitative estimate of drug-likeness (QED) is 0.514. The first-order chi connectivity index (χ1) is 16.1. The summed E-state index contributed by atoms with van der Waals surface area (Å²) in [5.41, 5.74) is 3.92. The van der Waals surface area contributed by atoms with E-state index in [1.807, 2.05) is 12.1 Å². The van der Waals surface area contributed by atoms with Gasteiger partial charge in [0.25, 0.3) is 5.91 Å². The van der Waals surface area contributed by atoms with Crippen LogP contribution in [-0.4, -0.2) is 28.4 Å². The number of hydrogen-bond donors (Lipinski definition) is 0. The van der Waals surface area contributed by atoms with Gasteiger partial charge in [-0.2, -0.15) is 0 Å². The number of benzene rings is 2. The number of ether oxygens (including phenoxy) is 1. The standard InChI is InChI=1S/C28H31NO4.ClH/c30-22-13-14-25(26(31)16-22)29-17-24-23(28(29)32)7-4-8-27(24)33-18-21-11-9-20(10-12-21)15-19-5-2-1-3-6-19;/h4,7-12,19,25H,1-3,5-6,13-18H2;1H. The Labute approximate surface area is 207 Å². The Balaban J connectivity index is 0.00000274. The summed E-state index contributed by atoms with van der Waals surface area (Å²) in [6, 6.07) is 13.7. The van der Waals surface area contributed by atoms with E-state index in [-0.39, 0.29) is 36.3 Å². The number of halogens is 1. The van der Waals surface area contributed by atoms with Crippen molar-refractivity contribution in [2.24, 2.45) is 5.92 Å². The van der Waals surface area contributed by atoms with E-state index in [9.17, 15) is 14.4 Å². The highest BCUT2D eigenvalue weighted by Crippen LogP contribution is 2.34. The number of fused-ring (bicyclic) bond motifs is 1. The third-order valence-corrected chi connectivity index (χ3v) is 7.44. The fourth-order valence-corrected chi connectivity index (χ4v) is 5.56. The van der Waals surface area contributed by atoms with Crippen LogP contribution < -0.4 is 4.74 Å². The van der Waals surface area contributed by atoms with Crippen molar-refractivity contribution in [2.75, 3.05) is 0 Å². The van der Waals surface area contributed by atoms with Gasteiger partial charge in [0.05, 0.1) is 19.0 Å². The number of rotatable bonds is 6. The molecule has 5 nitrogen and oxygen atoms in total. The second-order valence-electron chi connectivity index (χ2n) is 9.76. The average Bonchev–Trinajstić information content (AvgIpc) is 3.16. The smallest absolute Gasteiger partial charge is 0.255 e. The largest absolute Gasteiger partial charge is 0.489 e. The molecule has 0 aromatic heterocycles. The fourth-order valence-electron chi connectivity index (χ4n) is 5.56. The molecule has 1 heterocycles. The van der Waals surface area contributed by atoms with Crippen molar-refractivity contribution in [1.29, 1.82) is 0 Å². The molecule has 1 aliphatic heterocycles. The van der Waals surface area contributed by atoms with E-state index in [1.165, 1.54) is 37.7 Å². The third kappa shape index (κ3) is 5.20. The SMILES string of the molecule is Cl.O=C1CCC(N2Cc3c(OCc4ccc(CC5CCCCC5)cc4)cccc3C2=O)C(=O)C1. The van der Waals surface area contributed by atoms with Gasteiger partial charge in [-0.25, -0.2) is 0 Å². The number of ketones is 2. The normalized spacial score (nSPS) is 20.8. The highest BCUT2D eigenvalue weighted by Gasteiger charge is 2.39. The second kappa shape index (κ2) is 10.7. The monoisotopic (exact) mass is 481 g/mol. The van der Waals surface area contributed by atoms with Crippen molar-refractivity contribution in [2.45, 2.75) is 77.0 Å². The zero-order valence-corrected chi connectivity index (χ0v) is 20.3. The maximum atomic E-state index is 13.0. The molecule has 2 saturated carbocycles. The minimum absolute atomic E-state index is 0. The van der Waals surface area contributed by atoms with Crippen LogP contribution in [0.3, 0.4) is 0 Å². The van der Waals surface area contributed by atoms with Crippen molar-refractivity contribution in [1.82, 2.24) is 4.90 Å². The highest BCUT2D eigenvalue weighted by atomic mass is 35.5. The van der Waals surface area contributed by atoms with E-state index in [1.54, 1.807) is 11.0 Å². The number of nitrogens with zero attached hydrogens (tertiary/aromatic N) is 1. The number of carbonyl (C=O) groups is 3. The summed E-state index contributed by atoms with van der Waals surface area (Å²) in [5.74, 6) is 1.18. The van der Waals surface area contributed by atoms with Crippen molar-refractivity contribution in [3.05, 3.63) is 64.7 Å². The maximum absolute atomic E-state index is 13.0. The Morgan fingerprint density at radius 2 is 1.62 bits per heavy atom. The summed E-state index contributed by atoms with van der Waals surface area (Å²) in [5, 5.41) is 0. The van der Waals surface area contributed by atoms with Crippen LogP contribution in [0.1, 0.15) is 78.4 Å². The lowest BCUT2D eigenvalue weighted by Gasteiger charge is -2.29. The molecular weight excluding hydrogens is 450 g/mol. The number of carbonyl (C=O) groups excluding carboxylic acids is 3. The molecule has 2 fully saturated rings. The summed E-state index contributed by atoms with van der Waals surface area (Å²) in [6.07, 6.45) is 8.69. The van der Waals surface area contributed by atoms with Crippen LogP contribution in [0.2, 0.25) is 0 Å². The molecule has 5 rings (SSSR count). The summed E-state index contributed by atoms with van der Waals surface area (Å²) >= 11 is 0. The van der Waals surface area contributed by atoms with Gasteiger partial charge in [0.15, 0.2) is 5.78 Å². The Hall–Kier alpha value is -2.66. The van der Waals surface area contributed by atoms with Gasteiger partial charge in [0, 0.05) is 17.5 Å². The summed E-state index contributed by atoms with van der Waals surface area (Å²) < 4.78 is 6.13. The molecule has 6 heteroatoms. The lowest BCUT2D eigenvalue weighted by atomic mass is 9.85. The Kier molecular flexibility index (Phi) is 7.72. The Morgan fingerprint density at radius 3 is 2.35 bits per heavy atom. The molecule has 0 radical (unpaired) electrons. The summed E-state index contributed by atoms with van der Waals surface area (Å²) in [4.78, 5) is 38.6. The predicted molar refractivity (Wildman–Crippen MR) is 132 cm³/mol. The van der Waals surface area contributed by atoms with Gasteiger partial charge in [0.2, 0.25) is 0 Å². The molecule has 0 spiro atoms. The molecule has 1 amide bonds. The maximum Gasteiger partial charge on any atom is 0.255 e. The molecule has 0 bridgehead atoms. The predicted octanol–water partition coefficient (Wildman–Crippen LogP) is 5.46. The Morgan fingerprint density at radius 1 is 0.882 bits per heavy atom. The highest BCUT2D eigenvalue weighted by molar-refractivity contribution is 6.07. The van der Waals surface area contributed by atoms with E-state index in [0.29, 0.717) is 37.3 Å². The van der Waals surface area contributed by atoms with Crippen LogP contribution in [0.4, 0.5) is 0 Å². The molecule has 2 aliphatic carbocycles. The van der Waals surface area contributed by atoms with Crippen LogP contribution >= 0.6 is 12.4 Å². The molecule has 1 atom stereocenters. The molecule has 2 aromatic rings. The van der Waals surface area contributed by atoms with E-state index in [0.717, 1.165) is 23.5 Å². The summed E-state index contributed by atoms with van der Waals surface area (Å²) in [6.45, 7) is 0.792. The van der Waals surface area contributed by atoms with Gasteiger partial charge in [-0.1, -0.05) is 62.4 Å². The first kappa shape index (κ1) is 24.5. The van der Waals surface area contributed by atoms with Crippen molar-refractivity contribution in [3.63, 3.8) is 0 Å². The average molecular weight is 482 g/mol. The minimum atomic E-state index is -0.507. The lowest BCUT2D eigenvalue weighted by molar-refractivity contribution is -0.133. The molecule has 0 N–H and O–H groups in total. The molecular formula is C28H32ClNO4. The lowest BCUT2D eigenvalue weighted by Crippen LogP contribution is -2.44. The van der Waals surface area contributed by atoms with E-state index < -0.39 is 6.04 Å². The zero-order chi connectivity index (χ0) is 22.8. The second-order valence-corrected chi connectivity index (χ2v) is 9.76. The van der Waals surface area contributed by atoms with Crippen LogP contribution in [0.25, 0.3) is 0 Å². The first-order valence-electron chi connectivity index (χ1n) is 12.3. The fraction of sp³-hybridized carbons (Fsp3) is 0.464. The van der Waals surface area contributed by atoms with E-state index in [2.05, 4.69) is 24.3 Å². The number of hydrogen-bond acceptors (Lipinski definition) is 4. The van der Waals surface area contributed by atoms with Crippen LogP contribution in [0, 0.1) is 5.92 Å². The van der Waals surface area contributed by atoms with Gasteiger partial charge < -0.3 is 9.64 Å². The molecule has 1 unspecified atom stereocenters. The Bertz CT molecular complexity index is 1060. The number of amides is 1. The molecule has 34 heavy (non-hydrogen) atoms. The van der Waals surface area contributed by atoms with Gasteiger partial charge in [0.1, 0.15) is 18.1 Å². The minimum Gasteiger partial charge on any atom is -0.489 e. The van der Waals surface area contributed by atoms with Crippen molar-refractivity contribution >= 4 is 29.9 Å². The van der Waals surface area contributed by atoms with Crippen LogP contribution in [0.15, 0.2) is 42.5 Å². The van der Waals surface area contributed by atoms with E-state index >= 15 is 0 Å². The zero-order valence-electron chi connectivity index (χ0n) is 19.5. The first-order valence-corrected chi connectivity index (χ1v) is 12.3.